The van der Waals surface area contributed by atoms with Crippen molar-refractivity contribution in [2.75, 3.05) is 14.2 Å². The Labute approximate surface area is 94.4 Å². The molecule has 0 aliphatic carbocycles. The minimum absolute atomic E-state index is 0.396. The van der Waals surface area contributed by atoms with E-state index < -0.39 is 12.1 Å². The number of methoxy groups -OCH3 is 2. The number of rotatable bonds is 4. The number of hydrogen-bond acceptors (Lipinski definition) is 4. The summed E-state index contributed by atoms with van der Waals surface area (Å²) in [5, 5.41) is 8.63. The van der Waals surface area contributed by atoms with Crippen molar-refractivity contribution in [2.45, 2.75) is 12.5 Å². The van der Waals surface area contributed by atoms with Gasteiger partial charge in [-0.3, -0.25) is 0 Å². The van der Waals surface area contributed by atoms with E-state index in [1.165, 1.54) is 14.2 Å². The van der Waals surface area contributed by atoms with Gasteiger partial charge in [-0.2, -0.15) is 5.26 Å². The van der Waals surface area contributed by atoms with Gasteiger partial charge < -0.3 is 9.47 Å². The molecule has 1 rings (SSSR count). The van der Waals surface area contributed by atoms with Gasteiger partial charge in [-0.1, -0.05) is 12.1 Å². The molecule has 0 radical (unpaired) electrons. The molecule has 0 aromatic heterocycles. The van der Waals surface area contributed by atoms with Gasteiger partial charge in [-0.15, -0.1) is 0 Å². The highest BCUT2D eigenvalue weighted by Crippen LogP contribution is 2.08. The van der Waals surface area contributed by atoms with E-state index in [9.17, 15) is 4.79 Å². The normalized spacial score (nSPS) is 11.6. The number of esters is 1. The van der Waals surface area contributed by atoms with Gasteiger partial charge in [0.25, 0.3) is 0 Å². The zero-order chi connectivity index (χ0) is 12.0. The molecule has 1 atom stereocenters. The number of carbonyl (C=O) groups excluding carboxylic acids is 1. The largest absolute Gasteiger partial charge is 0.467 e. The zero-order valence-electron chi connectivity index (χ0n) is 9.27. The van der Waals surface area contributed by atoms with Crippen molar-refractivity contribution in [1.29, 1.82) is 5.26 Å². The Morgan fingerprint density at radius 1 is 1.38 bits per heavy atom. The Kier molecular flexibility index (Phi) is 4.49. The van der Waals surface area contributed by atoms with Gasteiger partial charge in [-0.05, 0) is 17.7 Å². The highest BCUT2D eigenvalue weighted by atomic mass is 16.6. The monoisotopic (exact) mass is 219 g/mol. The summed E-state index contributed by atoms with van der Waals surface area (Å²) in [6, 6.07) is 9.05. The molecule has 0 amide bonds. The average Bonchev–Trinajstić information content (AvgIpc) is 2.35. The third-order valence-corrected chi connectivity index (χ3v) is 2.25. The summed E-state index contributed by atoms with van der Waals surface area (Å²) >= 11 is 0. The van der Waals surface area contributed by atoms with E-state index >= 15 is 0 Å². The molecule has 0 N–H and O–H groups in total. The highest BCUT2D eigenvalue weighted by Gasteiger charge is 2.18. The summed E-state index contributed by atoms with van der Waals surface area (Å²) in [5.41, 5.74) is 1.52. The maximum atomic E-state index is 11.3. The molecule has 1 aromatic carbocycles. The maximum absolute atomic E-state index is 11.3. The Balaban J connectivity index is 2.71. The Hall–Kier alpha value is -1.86. The SMILES string of the molecule is COC(=O)C(Cc1ccc(C#N)cc1)OC. The van der Waals surface area contributed by atoms with Crippen LogP contribution < -0.4 is 0 Å². The lowest BCUT2D eigenvalue weighted by atomic mass is 10.1. The van der Waals surface area contributed by atoms with Crippen LogP contribution in [0.5, 0.6) is 0 Å². The smallest absolute Gasteiger partial charge is 0.335 e. The second-order valence-corrected chi connectivity index (χ2v) is 3.26. The van der Waals surface area contributed by atoms with E-state index in [0.717, 1.165) is 5.56 Å². The standard InChI is InChI=1S/C12H13NO3/c1-15-11(12(14)16-2)7-9-3-5-10(8-13)6-4-9/h3-6,11H,7H2,1-2H3. The Morgan fingerprint density at radius 3 is 2.44 bits per heavy atom. The Morgan fingerprint density at radius 2 is 2.00 bits per heavy atom. The fourth-order valence-electron chi connectivity index (χ4n) is 1.32. The number of nitrogens with zero attached hydrogens (tertiary/aromatic N) is 1. The molecule has 0 bridgehead atoms. The Bertz CT molecular complexity index is 392. The van der Waals surface area contributed by atoms with Gasteiger partial charge in [0.1, 0.15) is 0 Å². The lowest BCUT2D eigenvalue weighted by Crippen LogP contribution is -2.26. The molecular formula is C12H13NO3. The first-order chi connectivity index (χ1) is 7.71. The minimum atomic E-state index is -0.599. The zero-order valence-corrected chi connectivity index (χ0v) is 9.27. The van der Waals surface area contributed by atoms with Crippen molar-refractivity contribution >= 4 is 5.97 Å². The van der Waals surface area contributed by atoms with Crippen LogP contribution in [0.25, 0.3) is 0 Å². The van der Waals surface area contributed by atoms with Crippen LogP contribution in [0.3, 0.4) is 0 Å². The van der Waals surface area contributed by atoms with Crippen molar-refractivity contribution in [1.82, 2.24) is 0 Å². The molecule has 1 unspecified atom stereocenters. The third kappa shape index (κ3) is 3.07. The second-order valence-electron chi connectivity index (χ2n) is 3.26. The molecule has 84 valence electrons. The summed E-state index contributed by atoms with van der Waals surface area (Å²) in [4.78, 5) is 11.3. The van der Waals surface area contributed by atoms with E-state index in [2.05, 4.69) is 4.74 Å². The van der Waals surface area contributed by atoms with Gasteiger partial charge in [0.2, 0.25) is 0 Å². The summed E-state index contributed by atoms with van der Waals surface area (Å²) in [7, 11) is 2.79. The van der Waals surface area contributed by atoms with Crippen molar-refractivity contribution in [3.63, 3.8) is 0 Å². The molecule has 0 spiro atoms. The predicted octanol–water partition coefficient (Wildman–Crippen LogP) is 1.29. The van der Waals surface area contributed by atoms with E-state index in [0.29, 0.717) is 12.0 Å². The van der Waals surface area contributed by atoms with Gasteiger partial charge in [-0.25, -0.2) is 4.79 Å². The summed E-state index contributed by atoms with van der Waals surface area (Å²) in [6.07, 6.45) is -0.160. The third-order valence-electron chi connectivity index (χ3n) is 2.25. The van der Waals surface area contributed by atoms with Crippen molar-refractivity contribution in [3.8, 4) is 6.07 Å². The average molecular weight is 219 g/mol. The molecular weight excluding hydrogens is 206 g/mol. The van der Waals surface area contributed by atoms with Crippen LogP contribution in [-0.2, 0) is 20.7 Å². The van der Waals surface area contributed by atoms with E-state index in [1.807, 2.05) is 6.07 Å². The summed E-state index contributed by atoms with van der Waals surface area (Å²) in [6.45, 7) is 0. The first-order valence-corrected chi connectivity index (χ1v) is 4.81. The van der Waals surface area contributed by atoms with Gasteiger partial charge in [0.05, 0.1) is 18.7 Å². The number of ether oxygens (including phenoxy) is 2. The molecule has 0 heterocycles. The van der Waals surface area contributed by atoms with Gasteiger partial charge in [0.15, 0.2) is 6.10 Å². The van der Waals surface area contributed by atoms with Crippen molar-refractivity contribution in [3.05, 3.63) is 35.4 Å². The van der Waals surface area contributed by atoms with Crippen LogP contribution in [-0.4, -0.2) is 26.3 Å². The lowest BCUT2D eigenvalue weighted by molar-refractivity contribution is -0.152. The molecule has 0 fully saturated rings. The summed E-state index contributed by atoms with van der Waals surface area (Å²) in [5.74, 6) is -0.396. The molecule has 16 heavy (non-hydrogen) atoms. The topological polar surface area (TPSA) is 59.3 Å². The molecule has 1 aromatic rings. The van der Waals surface area contributed by atoms with E-state index in [1.54, 1.807) is 24.3 Å². The molecule has 4 heteroatoms. The van der Waals surface area contributed by atoms with Crippen LogP contribution in [0, 0.1) is 11.3 Å². The van der Waals surface area contributed by atoms with Crippen LogP contribution in [0.1, 0.15) is 11.1 Å². The fourth-order valence-corrected chi connectivity index (χ4v) is 1.32. The van der Waals surface area contributed by atoms with Crippen LogP contribution in [0.4, 0.5) is 0 Å². The van der Waals surface area contributed by atoms with E-state index in [4.69, 9.17) is 10.00 Å². The molecule has 0 saturated heterocycles. The number of hydrogen-bond donors (Lipinski definition) is 0. The lowest BCUT2D eigenvalue weighted by Gasteiger charge is -2.12. The first kappa shape index (κ1) is 12.2. The van der Waals surface area contributed by atoms with Crippen LogP contribution >= 0.6 is 0 Å². The van der Waals surface area contributed by atoms with E-state index in [-0.39, 0.29) is 0 Å². The second kappa shape index (κ2) is 5.89. The number of carbonyl (C=O) groups is 1. The van der Waals surface area contributed by atoms with Gasteiger partial charge in [0, 0.05) is 13.5 Å². The quantitative estimate of drug-likeness (QED) is 0.716. The maximum Gasteiger partial charge on any atom is 0.335 e. The summed E-state index contributed by atoms with van der Waals surface area (Å²) < 4.78 is 9.63. The van der Waals surface area contributed by atoms with Crippen LogP contribution in [0.2, 0.25) is 0 Å². The molecule has 0 aliphatic rings. The fraction of sp³-hybridized carbons (Fsp3) is 0.333. The van der Waals surface area contributed by atoms with Crippen molar-refractivity contribution in [2.24, 2.45) is 0 Å². The first-order valence-electron chi connectivity index (χ1n) is 4.81. The molecule has 0 saturated carbocycles. The molecule has 0 aliphatic heterocycles. The predicted molar refractivity (Wildman–Crippen MR) is 57.7 cm³/mol. The number of benzene rings is 1. The highest BCUT2D eigenvalue weighted by molar-refractivity contribution is 5.74. The number of nitriles is 1. The minimum Gasteiger partial charge on any atom is -0.467 e. The molecule has 4 nitrogen and oxygen atoms in total. The van der Waals surface area contributed by atoms with Crippen molar-refractivity contribution < 1.29 is 14.3 Å². The van der Waals surface area contributed by atoms with Gasteiger partial charge >= 0.3 is 5.97 Å². The van der Waals surface area contributed by atoms with Crippen LogP contribution in [0.15, 0.2) is 24.3 Å².